The summed E-state index contributed by atoms with van der Waals surface area (Å²) in [6.07, 6.45) is 5.42. The number of ether oxygens (including phenoxy) is 1. The molecule has 1 aliphatic carbocycles. The van der Waals surface area contributed by atoms with E-state index in [0.717, 1.165) is 53.2 Å². The number of nitrogens with two attached hydrogens (primary N) is 2. The Bertz CT molecular complexity index is 1990. The molecule has 0 fully saturated rings. The summed E-state index contributed by atoms with van der Waals surface area (Å²) in [6, 6.07) is 12.7. The normalized spacial score (nSPS) is 11.8. The molecule has 4 aromatic rings. The van der Waals surface area contributed by atoms with Crippen molar-refractivity contribution in [3.63, 3.8) is 0 Å². The fourth-order valence-corrected chi connectivity index (χ4v) is 6.17. The van der Waals surface area contributed by atoms with E-state index in [0.29, 0.717) is 41.7 Å². The van der Waals surface area contributed by atoms with Crippen molar-refractivity contribution in [2.24, 2.45) is 11.5 Å². The molecule has 3 heterocycles. The van der Waals surface area contributed by atoms with Crippen molar-refractivity contribution in [1.82, 2.24) is 20.2 Å². The van der Waals surface area contributed by atoms with Crippen LogP contribution >= 0.6 is 0 Å². The number of halogens is 1. The molecule has 16 heteroatoms. The molecular formula is C41H55FKN7O7. The van der Waals surface area contributed by atoms with Crippen molar-refractivity contribution in [1.29, 1.82) is 0 Å². The number of amides is 2. The molecule has 6 rings (SSSR count). The van der Waals surface area contributed by atoms with Crippen molar-refractivity contribution in [3.05, 3.63) is 97.3 Å². The first-order valence-electron chi connectivity index (χ1n) is 18.4. The Kier molecular flexibility index (Phi) is 24.4. The molecule has 0 bridgehead atoms. The minimum Gasteiger partial charge on any atom is -0.634 e. The van der Waals surface area contributed by atoms with Gasteiger partial charge in [-0.2, -0.15) is 0 Å². The Morgan fingerprint density at radius 3 is 2.30 bits per heavy atom. The summed E-state index contributed by atoms with van der Waals surface area (Å²) in [4.78, 5) is 57.7. The van der Waals surface area contributed by atoms with Crippen LogP contribution in [-0.4, -0.2) is 79.0 Å². The molecule has 1 aliphatic heterocycles. The molecule has 14 nitrogen and oxygen atoms in total. The number of nitrogens with one attached hydrogen (secondary N) is 2. The van der Waals surface area contributed by atoms with Gasteiger partial charge in [-0.15, -0.1) is 0 Å². The van der Waals surface area contributed by atoms with E-state index in [1.165, 1.54) is 26.5 Å². The van der Waals surface area contributed by atoms with Crippen LogP contribution in [0.15, 0.2) is 47.3 Å². The third-order valence-corrected chi connectivity index (χ3v) is 8.39. The van der Waals surface area contributed by atoms with Gasteiger partial charge in [0, 0.05) is 36.7 Å². The van der Waals surface area contributed by atoms with Crippen LogP contribution in [0.4, 0.5) is 4.39 Å². The summed E-state index contributed by atoms with van der Waals surface area (Å²) in [5, 5.41) is 21.0. The number of hydrogen-bond acceptors (Lipinski definition) is 10. The number of methoxy groups -OCH3 is 1. The zero-order valence-corrected chi connectivity index (χ0v) is 37.2. The molecule has 0 radical (unpaired) electrons. The van der Waals surface area contributed by atoms with Crippen molar-refractivity contribution in [2.45, 2.75) is 79.1 Å². The number of aryl methyl sites for hydroxylation is 2. The van der Waals surface area contributed by atoms with Gasteiger partial charge in [0.05, 0.1) is 42.2 Å². The van der Waals surface area contributed by atoms with Gasteiger partial charge >= 0.3 is 51.4 Å². The van der Waals surface area contributed by atoms with E-state index in [4.69, 9.17) is 25.0 Å². The van der Waals surface area contributed by atoms with Crippen LogP contribution in [0.5, 0.6) is 5.75 Å². The molecule has 2 aromatic carbocycles. The molecule has 2 aromatic heterocycles. The zero-order chi connectivity index (χ0) is 41.8. The number of primary amides is 1. The first-order chi connectivity index (χ1) is 26.9. The number of nitrogens with zero attached hydrogens (tertiary/aromatic N) is 3. The molecule has 304 valence electrons. The van der Waals surface area contributed by atoms with E-state index >= 15 is 0 Å². The van der Waals surface area contributed by atoms with Gasteiger partial charge in [0.1, 0.15) is 24.1 Å². The molecule has 0 saturated heterocycles. The molecule has 0 saturated carbocycles. The van der Waals surface area contributed by atoms with Gasteiger partial charge in [-0.25, -0.2) is 9.37 Å². The SMILES string of the molecule is CC=O.CCC.CNCC(=O)NC(Cc1ccccc1)[N-]CC(N)=O.COCc1c(O)cc2n(c1=O)Cc1c-2nc2cc(F)c(C)c3c2c1CCC3.NCC=O.[K+]. The van der Waals surface area contributed by atoms with E-state index in [2.05, 4.69) is 35.5 Å². The summed E-state index contributed by atoms with van der Waals surface area (Å²) in [6.45, 7) is 8.24. The topological polar surface area (TPSA) is 223 Å². The number of pyridine rings is 2. The Hall–Kier alpha value is -3.71. The Labute approximate surface area is 376 Å². The van der Waals surface area contributed by atoms with Crippen LogP contribution in [0, 0.1) is 12.7 Å². The van der Waals surface area contributed by atoms with Crippen LogP contribution in [-0.2, 0) is 56.3 Å². The van der Waals surface area contributed by atoms with Gasteiger partial charge in [0.2, 0.25) is 5.91 Å². The molecule has 0 spiro atoms. The smallest absolute Gasteiger partial charge is 0.634 e. The molecule has 1 unspecified atom stereocenters. The zero-order valence-electron chi connectivity index (χ0n) is 34.1. The van der Waals surface area contributed by atoms with Crippen LogP contribution in [0.2, 0.25) is 0 Å². The van der Waals surface area contributed by atoms with Crippen molar-refractivity contribution in [2.75, 3.05) is 33.8 Å². The number of likely N-dealkylation sites (N-methyl/N-ethyl adjacent to an activating group) is 1. The summed E-state index contributed by atoms with van der Waals surface area (Å²) < 4.78 is 21.1. The number of aromatic hydroxyl groups is 1. The summed E-state index contributed by atoms with van der Waals surface area (Å²) >= 11 is 0. The molecule has 57 heavy (non-hydrogen) atoms. The molecular weight excluding hydrogens is 761 g/mol. The third-order valence-electron chi connectivity index (χ3n) is 8.39. The van der Waals surface area contributed by atoms with Gasteiger partial charge in [-0.1, -0.05) is 63.3 Å². The standard InChI is InChI=1S/C21H19FN2O3.C13H19N4O2.C3H8.C2H5NO.C2H4O.K/c1-10-11-4-3-5-12-13-8-24-17(7-18(25)14(9-27-2)21(24)26)20(13)23-16(19(11)12)6-15(10)22;1-15-9-13(19)17-12(16-8-11(14)18)7-10-5-3-2-4-6-10;1-3-2;3-1-2-4;1-2-3;/h6-7,25H,3-5,8-9H2,1-2H3;2-6,12,15H,7-9H2,1H3,(H2,14,18)(H,17,19);3H2,1-2H3;2H,1,3H2;2H,1H3;/q;-1;;;;+1. The van der Waals surface area contributed by atoms with Crippen molar-refractivity contribution in [3.8, 4) is 17.1 Å². The predicted molar refractivity (Wildman–Crippen MR) is 216 cm³/mol. The number of carbonyl (C=O) groups excluding carboxylic acids is 4. The first-order valence-corrected chi connectivity index (χ1v) is 18.4. The second-order valence-corrected chi connectivity index (χ2v) is 12.8. The largest absolute Gasteiger partial charge is 1.00 e. The van der Waals surface area contributed by atoms with Crippen LogP contribution in [0.1, 0.15) is 67.0 Å². The number of fused-ring (bicyclic) bond motifs is 4. The number of rotatable bonds is 11. The molecule has 1 atom stereocenters. The summed E-state index contributed by atoms with van der Waals surface area (Å²) in [5.74, 6) is -1.02. The average molecular weight is 816 g/mol. The van der Waals surface area contributed by atoms with E-state index in [-0.39, 0.29) is 106 Å². The predicted octanol–water partition coefficient (Wildman–Crippen LogP) is 0.733. The fraction of sp³-hybridized carbons (Fsp3) is 0.415. The van der Waals surface area contributed by atoms with E-state index in [9.17, 15) is 23.9 Å². The Morgan fingerprint density at radius 1 is 1.12 bits per heavy atom. The summed E-state index contributed by atoms with van der Waals surface area (Å²) in [5.41, 5.74) is 16.5. The van der Waals surface area contributed by atoms with E-state index in [1.54, 1.807) is 17.7 Å². The maximum absolute atomic E-state index is 14.4. The Balaban J connectivity index is 0.000000474. The van der Waals surface area contributed by atoms with Gasteiger partial charge in [-0.05, 0) is 68.8 Å². The first kappa shape index (κ1) is 51.3. The van der Waals surface area contributed by atoms with Crippen molar-refractivity contribution < 1.29 is 84.8 Å². The van der Waals surface area contributed by atoms with Gasteiger partial charge in [0.25, 0.3) is 5.56 Å². The number of aromatic nitrogens is 2. The van der Waals surface area contributed by atoms with Crippen LogP contribution < -0.4 is 79.0 Å². The summed E-state index contributed by atoms with van der Waals surface area (Å²) in [7, 11) is 3.18. The van der Waals surface area contributed by atoms with E-state index < -0.39 is 12.1 Å². The van der Waals surface area contributed by atoms with Crippen LogP contribution in [0.25, 0.3) is 27.6 Å². The second-order valence-electron chi connectivity index (χ2n) is 12.8. The van der Waals surface area contributed by atoms with Crippen LogP contribution in [0.3, 0.4) is 0 Å². The number of carbonyl (C=O) groups is 4. The molecule has 7 N–H and O–H groups in total. The molecule has 2 aliphatic rings. The monoisotopic (exact) mass is 815 g/mol. The molecule has 2 amide bonds. The number of hydrogen-bond donors (Lipinski definition) is 5. The fourth-order valence-electron chi connectivity index (χ4n) is 6.17. The minimum atomic E-state index is -0.513. The van der Waals surface area contributed by atoms with E-state index in [1.807, 2.05) is 37.3 Å². The van der Waals surface area contributed by atoms with Gasteiger partial charge < -0.3 is 51.4 Å². The van der Waals surface area contributed by atoms with Crippen molar-refractivity contribution >= 4 is 35.3 Å². The maximum Gasteiger partial charge on any atom is 1.00 e. The minimum absolute atomic E-state index is 0. The number of benzene rings is 2. The van der Waals surface area contributed by atoms with Gasteiger partial charge in [-0.3, -0.25) is 14.4 Å². The van der Waals surface area contributed by atoms with Gasteiger partial charge in [0.15, 0.2) is 5.91 Å². The second kappa shape index (κ2) is 27.1. The number of aldehydes is 2. The maximum atomic E-state index is 14.4. The quantitative estimate of drug-likeness (QED) is 0.0929. The average Bonchev–Trinajstić information content (AvgIpc) is 3.54. The third kappa shape index (κ3) is 14.9. The Morgan fingerprint density at radius 2 is 1.74 bits per heavy atom.